The second kappa shape index (κ2) is 8.92. The average Bonchev–Trinajstić information content (AvgIpc) is 2.54. The standard InChI is InChI=1S/C20H31ClN2O4Si/c1-13-11-17(21)16(12-22-13)18(24)20(27-28(3,4)5)8-6-15(7-9-20)10-14(2)23-19(25)26/h11-12,14-15,23H,6-10H2,1-5H3,(H,25,26). The third kappa shape index (κ3) is 6.03. The number of rotatable bonds is 7. The second-order valence-corrected chi connectivity index (χ2v) is 13.7. The van der Waals surface area contributed by atoms with E-state index in [0.29, 0.717) is 29.3 Å². The lowest BCUT2D eigenvalue weighted by Gasteiger charge is -2.43. The van der Waals surface area contributed by atoms with Gasteiger partial charge < -0.3 is 14.8 Å². The molecular weight excluding hydrogens is 396 g/mol. The van der Waals surface area contributed by atoms with Gasteiger partial charge in [0.2, 0.25) is 0 Å². The molecule has 1 amide bonds. The third-order valence-electron chi connectivity index (χ3n) is 5.12. The Labute approximate surface area is 173 Å². The van der Waals surface area contributed by atoms with Crippen molar-refractivity contribution in [2.45, 2.75) is 77.2 Å². The molecule has 1 saturated carbocycles. The van der Waals surface area contributed by atoms with Crippen molar-refractivity contribution in [3.05, 3.63) is 28.5 Å². The number of carbonyl (C=O) groups is 2. The molecule has 8 heteroatoms. The van der Waals surface area contributed by atoms with Crippen LogP contribution in [0.1, 0.15) is 55.1 Å². The van der Waals surface area contributed by atoms with Crippen LogP contribution in [-0.2, 0) is 4.43 Å². The van der Waals surface area contributed by atoms with Gasteiger partial charge in [0, 0.05) is 17.9 Å². The molecule has 1 aliphatic carbocycles. The van der Waals surface area contributed by atoms with E-state index in [-0.39, 0.29) is 11.8 Å². The number of hydrogen-bond acceptors (Lipinski definition) is 4. The monoisotopic (exact) mass is 426 g/mol. The second-order valence-electron chi connectivity index (χ2n) is 8.87. The summed E-state index contributed by atoms with van der Waals surface area (Å²) in [5.74, 6) is 0.280. The Morgan fingerprint density at radius 2 is 2.00 bits per heavy atom. The van der Waals surface area contributed by atoms with Gasteiger partial charge >= 0.3 is 6.09 Å². The van der Waals surface area contributed by atoms with Gasteiger partial charge in [-0.15, -0.1) is 0 Å². The minimum absolute atomic E-state index is 0.0809. The van der Waals surface area contributed by atoms with Crippen LogP contribution in [0.15, 0.2) is 12.3 Å². The number of aromatic nitrogens is 1. The van der Waals surface area contributed by atoms with Gasteiger partial charge in [0.05, 0.1) is 10.6 Å². The van der Waals surface area contributed by atoms with Crippen LogP contribution in [0.4, 0.5) is 4.79 Å². The van der Waals surface area contributed by atoms with Crippen molar-refractivity contribution in [2.24, 2.45) is 5.92 Å². The summed E-state index contributed by atoms with van der Waals surface area (Å²) in [5, 5.41) is 11.8. The van der Waals surface area contributed by atoms with Crippen molar-refractivity contribution in [1.82, 2.24) is 10.3 Å². The lowest BCUT2D eigenvalue weighted by Crippen LogP contribution is -2.51. The number of ketones is 1. The summed E-state index contributed by atoms with van der Waals surface area (Å²) in [4.78, 5) is 28.6. The molecule has 156 valence electrons. The Balaban J connectivity index is 2.19. The predicted molar refractivity (Wildman–Crippen MR) is 113 cm³/mol. The maximum absolute atomic E-state index is 13.5. The van der Waals surface area contributed by atoms with Crippen LogP contribution >= 0.6 is 11.6 Å². The number of pyridine rings is 1. The van der Waals surface area contributed by atoms with Gasteiger partial charge in [0.25, 0.3) is 0 Å². The van der Waals surface area contributed by atoms with Crippen molar-refractivity contribution < 1.29 is 19.1 Å². The first-order valence-corrected chi connectivity index (χ1v) is 13.6. The predicted octanol–water partition coefficient (Wildman–Crippen LogP) is 5.05. The van der Waals surface area contributed by atoms with E-state index in [0.717, 1.165) is 25.0 Å². The maximum atomic E-state index is 13.5. The van der Waals surface area contributed by atoms with Gasteiger partial charge in [0.15, 0.2) is 14.1 Å². The van der Waals surface area contributed by atoms with Crippen LogP contribution in [0, 0.1) is 12.8 Å². The average molecular weight is 427 g/mol. The highest BCUT2D eigenvalue weighted by Gasteiger charge is 2.46. The fraction of sp³-hybridized carbons (Fsp3) is 0.650. The highest BCUT2D eigenvalue weighted by atomic mass is 35.5. The molecule has 0 radical (unpaired) electrons. The zero-order chi connectivity index (χ0) is 21.1. The van der Waals surface area contributed by atoms with E-state index in [4.69, 9.17) is 21.1 Å². The van der Waals surface area contributed by atoms with Gasteiger partial charge in [0.1, 0.15) is 5.60 Å². The Bertz CT molecular complexity index is 727. The molecule has 1 aromatic heterocycles. The minimum Gasteiger partial charge on any atom is -0.465 e. The molecule has 1 unspecified atom stereocenters. The Kier molecular flexibility index (Phi) is 7.28. The Morgan fingerprint density at radius 1 is 1.39 bits per heavy atom. The lowest BCUT2D eigenvalue weighted by atomic mass is 9.73. The number of Topliss-reactive ketones (excluding diaryl/α,β-unsaturated/α-hetero) is 1. The molecule has 1 aliphatic rings. The van der Waals surface area contributed by atoms with Crippen LogP contribution in [0.2, 0.25) is 24.7 Å². The molecule has 2 rings (SSSR count). The van der Waals surface area contributed by atoms with E-state index < -0.39 is 20.0 Å². The van der Waals surface area contributed by atoms with Crippen molar-refractivity contribution in [3.8, 4) is 0 Å². The summed E-state index contributed by atoms with van der Waals surface area (Å²) in [7, 11) is -1.99. The summed E-state index contributed by atoms with van der Waals surface area (Å²) < 4.78 is 6.48. The molecule has 1 atom stereocenters. The molecule has 0 aromatic carbocycles. The summed E-state index contributed by atoms with van der Waals surface area (Å²) in [6, 6.07) is 1.60. The van der Waals surface area contributed by atoms with Gasteiger partial charge in [-0.25, -0.2) is 4.79 Å². The van der Waals surface area contributed by atoms with Gasteiger partial charge in [-0.05, 0) is 77.6 Å². The van der Waals surface area contributed by atoms with Crippen molar-refractivity contribution in [1.29, 1.82) is 0 Å². The molecule has 0 aliphatic heterocycles. The molecule has 6 nitrogen and oxygen atoms in total. The summed E-state index contributed by atoms with van der Waals surface area (Å²) >= 11 is 6.35. The number of halogens is 1. The highest BCUT2D eigenvalue weighted by molar-refractivity contribution is 6.70. The van der Waals surface area contributed by atoms with Crippen molar-refractivity contribution >= 4 is 31.8 Å². The number of hydrogen-bond donors (Lipinski definition) is 2. The minimum atomic E-state index is -1.99. The molecule has 1 fully saturated rings. The Morgan fingerprint density at radius 3 is 2.50 bits per heavy atom. The topological polar surface area (TPSA) is 88.5 Å². The van der Waals surface area contributed by atoms with Crippen molar-refractivity contribution in [2.75, 3.05) is 0 Å². The largest absolute Gasteiger partial charge is 0.465 e. The van der Waals surface area contributed by atoms with Crippen LogP contribution in [0.25, 0.3) is 0 Å². The first kappa shape index (κ1) is 22.8. The normalized spacial score (nSPS) is 23.9. The van der Waals surface area contributed by atoms with Crippen LogP contribution in [0.5, 0.6) is 0 Å². The zero-order valence-corrected chi connectivity index (χ0v) is 19.1. The SMILES string of the molecule is Cc1cc(Cl)c(C(=O)C2(O[Si](C)(C)C)CCC(CC(C)NC(=O)O)CC2)cn1. The first-order valence-electron chi connectivity index (χ1n) is 9.78. The number of carboxylic acid groups (broad SMARTS) is 1. The van der Waals surface area contributed by atoms with Crippen LogP contribution in [0.3, 0.4) is 0 Å². The van der Waals surface area contributed by atoms with E-state index in [9.17, 15) is 9.59 Å². The number of nitrogens with one attached hydrogen (secondary N) is 1. The molecule has 0 saturated heterocycles. The van der Waals surface area contributed by atoms with E-state index >= 15 is 0 Å². The number of nitrogens with zero attached hydrogens (tertiary/aromatic N) is 1. The fourth-order valence-electron chi connectivity index (χ4n) is 4.05. The number of amides is 1. The lowest BCUT2D eigenvalue weighted by molar-refractivity contribution is 0.0125. The molecule has 28 heavy (non-hydrogen) atoms. The zero-order valence-electron chi connectivity index (χ0n) is 17.3. The quantitative estimate of drug-likeness (QED) is 0.470. The molecule has 2 N–H and O–H groups in total. The number of carbonyl (C=O) groups excluding carboxylic acids is 1. The molecule has 1 heterocycles. The third-order valence-corrected chi connectivity index (χ3v) is 6.44. The summed E-state index contributed by atoms with van der Waals surface area (Å²) in [5.41, 5.74) is 0.320. The van der Waals surface area contributed by atoms with Crippen LogP contribution in [-0.4, -0.2) is 41.9 Å². The highest BCUT2D eigenvalue weighted by Crippen LogP contribution is 2.41. The number of aryl methyl sites for hydroxylation is 1. The van der Waals surface area contributed by atoms with E-state index in [1.165, 1.54) is 0 Å². The molecule has 0 spiro atoms. The first-order chi connectivity index (χ1) is 12.9. The van der Waals surface area contributed by atoms with E-state index in [1.807, 2.05) is 13.8 Å². The molecule has 0 bridgehead atoms. The Hall–Kier alpha value is -1.44. The van der Waals surface area contributed by atoms with Gasteiger partial charge in [-0.1, -0.05) is 11.6 Å². The van der Waals surface area contributed by atoms with E-state index in [1.54, 1.807) is 12.3 Å². The fourth-order valence-corrected chi connectivity index (χ4v) is 5.81. The van der Waals surface area contributed by atoms with Crippen LogP contribution < -0.4 is 5.32 Å². The summed E-state index contributed by atoms with van der Waals surface area (Å²) in [6.45, 7) is 9.97. The maximum Gasteiger partial charge on any atom is 0.404 e. The summed E-state index contributed by atoms with van der Waals surface area (Å²) in [6.07, 6.45) is 4.18. The molecule has 1 aromatic rings. The van der Waals surface area contributed by atoms with Crippen molar-refractivity contribution in [3.63, 3.8) is 0 Å². The van der Waals surface area contributed by atoms with Gasteiger partial charge in [-0.3, -0.25) is 9.78 Å². The molecular formula is C20H31ClN2O4Si. The van der Waals surface area contributed by atoms with E-state index in [2.05, 4.69) is 29.9 Å². The smallest absolute Gasteiger partial charge is 0.404 e. The van der Waals surface area contributed by atoms with Gasteiger partial charge in [-0.2, -0.15) is 0 Å².